The predicted molar refractivity (Wildman–Crippen MR) is 185 cm³/mol. The second-order valence-electron chi connectivity index (χ2n) is 12.4. The summed E-state index contributed by atoms with van der Waals surface area (Å²) in [5, 5.41) is 1.59. The molecular weight excluding hydrogens is 663 g/mol. The summed E-state index contributed by atoms with van der Waals surface area (Å²) in [6.07, 6.45) is 2.77. The maximum absolute atomic E-state index is 4.93. The Balaban J connectivity index is 0.000000846. The third kappa shape index (κ3) is 6.25. The van der Waals surface area contributed by atoms with Crippen molar-refractivity contribution in [3.63, 3.8) is 0 Å². The molecule has 216 valence electrons. The van der Waals surface area contributed by atoms with E-state index in [0.717, 1.165) is 45.3 Å². The average Bonchev–Trinajstić information content (AvgIpc) is 3.56. The Labute approximate surface area is 273 Å². The molecule has 2 aliphatic heterocycles. The fraction of sp³-hybridized carbons (Fsp3) is 0.471. The molecule has 40 heavy (non-hydrogen) atoms. The molecule has 0 saturated heterocycles. The topological polar surface area (TPSA) is 0 Å². The van der Waals surface area contributed by atoms with Gasteiger partial charge in [0.1, 0.15) is 0 Å². The molecule has 0 aromatic heterocycles. The minimum absolute atomic E-state index is 0. The van der Waals surface area contributed by atoms with E-state index in [1.54, 1.807) is 21.0 Å². The van der Waals surface area contributed by atoms with E-state index < -0.39 is 28.9 Å². The standard InChI is InChI=1S/C32H40S2Si.2CH3.2ClH.Zr/c1-19-17-25-27(23-13-9-7-10-14-23)21(3)33-29(25)31(19)35(5,6)32-20(2)18-26-28(22(4)34-30(26)32)24-15-11-8-12-16-24;;;;;/h7-16,19-20,25-26,29-32H,17-18H2,1-6H3;2*1H3;2*1H;/q;2*-1;;;+4/p-2. The second kappa shape index (κ2) is 14.4. The Kier molecular flexibility index (Phi) is 12.5. The van der Waals surface area contributed by atoms with Gasteiger partial charge in [-0.05, 0) is 93.5 Å². The molecule has 2 fully saturated rings. The molecule has 2 aromatic carbocycles. The summed E-state index contributed by atoms with van der Waals surface area (Å²) in [6.45, 7) is 15.6. The van der Waals surface area contributed by atoms with Crippen LogP contribution in [0, 0.1) is 38.5 Å². The van der Waals surface area contributed by atoms with Crippen LogP contribution in [-0.4, -0.2) is 18.6 Å². The van der Waals surface area contributed by atoms with Crippen LogP contribution in [0.2, 0.25) is 24.2 Å². The molecule has 0 amide bonds. The summed E-state index contributed by atoms with van der Waals surface area (Å²) < 4.78 is 0. The molecule has 2 aromatic rings. The maximum atomic E-state index is 4.93. The molecule has 2 aliphatic carbocycles. The van der Waals surface area contributed by atoms with Crippen molar-refractivity contribution in [1.82, 2.24) is 0 Å². The zero-order valence-electron chi connectivity index (χ0n) is 25.4. The molecule has 4 aliphatic rings. The first-order valence-electron chi connectivity index (χ1n) is 14.0. The van der Waals surface area contributed by atoms with Gasteiger partial charge in [0.05, 0.1) is 8.07 Å². The van der Waals surface area contributed by atoms with E-state index in [4.69, 9.17) is 17.0 Å². The van der Waals surface area contributed by atoms with Crippen LogP contribution in [-0.2, 0) is 20.8 Å². The molecule has 0 bridgehead atoms. The van der Waals surface area contributed by atoms with Gasteiger partial charge in [-0.1, -0.05) is 87.6 Å². The first kappa shape index (κ1) is 34.8. The first-order chi connectivity index (χ1) is 18.2. The van der Waals surface area contributed by atoms with Crippen molar-refractivity contribution in [2.24, 2.45) is 23.7 Å². The van der Waals surface area contributed by atoms with Crippen molar-refractivity contribution in [1.29, 1.82) is 0 Å². The quantitative estimate of drug-likeness (QED) is 0.229. The normalized spacial score (nSPS) is 32.4. The summed E-state index contributed by atoms with van der Waals surface area (Å²) in [6, 6.07) is 22.6. The van der Waals surface area contributed by atoms with Gasteiger partial charge in [0.25, 0.3) is 0 Å². The molecule has 0 spiro atoms. The first-order valence-corrected chi connectivity index (χ1v) is 25.3. The third-order valence-electron chi connectivity index (χ3n) is 9.99. The molecule has 2 heterocycles. The van der Waals surface area contributed by atoms with Crippen LogP contribution in [0.1, 0.15) is 51.7 Å². The number of allylic oxidation sites excluding steroid dienone is 4. The van der Waals surface area contributed by atoms with Crippen LogP contribution in [0.3, 0.4) is 0 Å². The Bertz CT molecular complexity index is 1110. The van der Waals surface area contributed by atoms with Gasteiger partial charge in [0, 0.05) is 10.5 Å². The average molecular weight is 709 g/mol. The number of rotatable bonds is 4. The Morgan fingerprint density at radius 3 is 1.32 bits per heavy atom. The minimum atomic E-state index is -1.55. The number of hydrogen-bond acceptors (Lipinski definition) is 2. The Morgan fingerprint density at radius 1 is 0.675 bits per heavy atom. The third-order valence-corrected chi connectivity index (χ3v) is 18.7. The number of thioether (sulfide) groups is 2. The fourth-order valence-corrected chi connectivity index (χ4v) is 20.6. The van der Waals surface area contributed by atoms with E-state index in [9.17, 15) is 0 Å². The van der Waals surface area contributed by atoms with E-state index >= 15 is 0 Å². The molecule has 0 nitrogen and oxygen atoms in total. The number of hydrogen-bond donors (Lipinski definition) is 0. The molecule has 6 heteroatoms. The SMILES string of the molecule is CC1=C(c2ccccc2)C2CC(C)C([Si](C)(C)C3C(C)CC4C(c5ccccc5)=C(C)SC43)C2S1.[CH3-].[CH3-].[Cl][Zr+2][Cl]. The van der Waals surface area contributed by atoms with Gasteiger partial charge in [-0.3, -0.25) is 0 Å². The van der Waals surface area contributed by atoms with Gasteiger partial charge in [-0.2, -0.15) is 0 Å². The van der Waals surface area contributed by atoms with E-state index in [1.165, 1.54) is 24.0 Å². The van der Waals surface area contributed by atoms with Gasteiger partial charge >= 0.3 is 37.9 Å². The van der Waals surface area contributed by atoms with Crippen LogP contribution in [0.25, 0.3) is 11.1 Å². The molecule has 8 unspecified atom stereocenters. The van der Waals surface area contributed by atoms with Gasteiger partial charge in [-0.25, -0.2) is 0 Å². The second-order valence-corrected chi connectivity index (χ2v) is 23.9. The van der Waals surface area contributed by atoms with E-state index in [0.29, 0.717) is 0 Å². The Morgan fingerprint density at radius 2 is 1.00 bits per heavy atom. The molecule has 6 rings (SSSR count). The molecule has 0 radical (unpaired) electrons. The number of fused-ring (bicyclic) bond motifs is 2. The van der Waals surface area contributed by atoms with Crippen molar-refractivity contribution >= 4 is 59.8 Å². The monoisotopic (exact) mass is 706 g/mol. The van der Waals surface area contributed by atoms with Crippen molar-refractivity contribution in [3.8, 4) is 0 Å². The summed E-state index contributed by atoms with van der Waals surface area (Å²) in [5.74, 6) is 3.17. The number of benzene rings is 2. The summed E-state index contributed by atoms with van der Waals surface area (Å²) in [7, 11) is 8.32. The number of halogens is 2. The van der Waals surface area contributed by atoms with Crippen LogP contribution in [0.4, 0.5) is 0 Å². The molecule has 8 atom stereocenters. The van der Waals surface area contributed by atoms with Crippen LogP contribution < -0.4 is 0 Å². The molecule has 0 N–H and O–H groups in total. The Hall–Kier alpha value is 0.300. The van der Waals surface area contributed by atoms with E-state index in [-0.39, 0.29) is 14.9 Å². The van der Waals surface area contributed by atoms with Crippen molar-refractivity contribution in [2.75, 3.05) is 0 Å². The van der Waals surface area contributed by atoms with Crippen molar-refractivity contribution < 1.29 is 20.8 Å². The van der Waals surface area contributed by atoms with Gasteiger partial charge in [0.2, 0.25) is 0 Å². The van der Waals surface area contributed by atoms with Crippen LogP contribution in [0.15, 0.2) is 70.5 Å². The molecular formula is C34H46Cl2S2SiZr. The summed E-state index contributed by atoms with van der Waals surface area (Å²) in [5.41, 5.74) is 8.12. The fourth-order valence-electron chi connectivity index (χ4n) is 9.05. The molecule has 2 saturated carbocycles. The summed E-state index contributed by atoms with van der Waals surface area (Å²) in [4.78, 5) is 3.20. The van der Waals surface area contributed by atoms with Gasteiger partial charge in [-0.15, -0.1) is 23.5 Å². The van der Waals surface area contributed by atoms with Crippen LogP contribution in [0.5, 0.6) is 0 Å². The van der Waals surface area contributed by atoms with E-state index in [1.807, 2.05) is 0 Å². The van der Waals surface area contributed by atoms with Gasteiger partial charge in [0.15, 0.2) is 0 Å². The van der Waals surface area contributed by atoms with Crippen molar-refractivity contribution in [3.05, 3.63) is 96.5 Å². The zero-order chi connectivity index (χ0) is 27.2. The van der Waals surface area contributed by atoms with E-state index in [2.05, 4.69) is 125 Å². The van der Waals surface area contributed by atoms with Crippen LogP contribution >= 0.6 is 40.5 Å². The summed E-state index contributed by atoms with van der Waals surface area (Å²) >= 11 is 3.69. The van der Waals surface area contributed by atoms with Crippen molar-refractivity contribution in [2.45, 2.75) is 75.2 Å². The zero-order valence-corrected chi connectivity index (χ0v) is 32.0. The predicted octanol–water partition coefficient (Wildman–Crippen LogP) is 12.1. The van der Waals surface area contributed by atoms with Gasteiger partial charge < -0.3 is 14.9 Å².